The van der Waals surface area contributed by atoms with Gasteiger partial charge in [-0.3, -0.25) is 4.79 Å². The Morgan fingerprint density at radius 1 is 0.742 bits per heavy atom. The maximum Gasteiger partial charge on any atom is 1.00 e. The molecule has 330 valence electrons. The zero-order valence-electron chi connectivity index (χ0n) is 33.5. The number of hydrogen-bond acceptors (Lipinski definition) is 13. The second-order valence-corrected chi connectivity index (χ2v) is 13.0. The van der Waals surface area contributed by atoms with E-state index in [9.17, 15) is 39.9 Å². The van der Waals surface area contributed by atoms with Crippen molar-refractivity contribution in [2.75, 3.05) is 7.11 Å². The van der Waals surface area contributed by atoms with Crippen LogP contribution < -0.4 is 148 Å². The van der Waals surface area contributed by atoms with Crippen LogP contribution in [0.25, 0.3) is 0 Å². The maximum atomic E-state index is 12.8. The molecule has 62 heavy (non-hydrogen) atoms. The summed E-state index contributed by atoms with van der Waals surface area (Å²) in [6.45, 7) is 4.61. The Labute approximate surface area is 500 Å². The van der Waals surface area contributed by atoms with Gasteiger partial charge in [0.2, 0.25) is 0 Å². The van der Waals surface area contributed by atoms with E-state index in [4.69, 9.17) is 59.8 Å². The molecule has 5 rings (SSSR count). The third-order valence-electron chi connectivity index (χ3n) is 5.59. The van der Waals surface area contributed by atoms with E-state index >= 15 is 0 Å². The number of aromatic hydroxyl groups is 2. The van der Waals surface area contributed by atoms with Crippen LogP contribution in [0.1, 0.15) is 29.9 Å². The van der Waals surface area contributed by atoms with E-state index in [1.165, 1.54) is 50.4 Å². The van der Waals surface area contributed by atoms with Crippen LogP contribution >= 0.6 is 69.0 Å². The van der Waals surface area contributed by atoms with Crippen molar-refractivity contribution in [2.24, 2.45) is 0 Å². The minimum absolute atomic E-state index is 0. The molecule has 0 aliphatic rings. The molecule has 0 bridgehead atoms. The normalized spacial score (nSPS) is 10.1. The smallest absolute Gasteiger partial charge is 1.00 e. The zero-order valence-corrected chi connectivity index (χ0v) is 50.2. The van der Waals surface area contributed by atoms with E-state index in [1.807, 2.05) is 29.5 Å². The van der Waals surface area contributed by atoms with Gasteiger partial charge in [0.05, 0.1) is 7.11 Å². The minimum atomic E-state index is -4.59. The number of aromatic nitrogens is 5. The number of esters is 1. The summed E-state index contributed by atoms with van der Waals surface area (Å²) in [7, 11) is 0.832. The van der Waals surface area contributed by atoms with E-state index in [0.29, 0.717) is 13.9 Å². The molecule has 0 aliphatic heterocycles. The topological polar surface area (TPSA) is 190 Å². The summed E-state index contributed by atoms with van der Waals surface area (Å²) in [5.74, 6) is -2.54. The first-order valence-corrected chi connectivity index (χ1v) is 17.8. The molecule has 0 saturated heterocycles. The largest absolute Gasteiger partial charge is 1.00 e. The molecule has 5 aromatic rings. The third-order valence-corrected chi connectivity index (χ3v) is 7.18. The van der Waals surface area contributed by atoms with Crippen molar-refractivity contribution < 1.29 is 214 Å². The fraction of sp³-hybridized carbons (Fsp3) is 0.206. The molecule has 0 amide bonds. The van der Waals surface area contributed by atoms with Gasteiger partial charge in [-0.05, 0) is 110 Å². The molecule has 0 atom stereocenters. The van der Waals surface area contributed by atoms with Gasteiger partial charge in [-0.15, -0.1) is 0 Å². The van der Waals surface area contributed by atoms with Gasteiger partial charge in [0.15, 0.2) is 17.1 Å². The number of rotatable bonds is 4. The van der Waals surface area contributed by atoms with Crippen molar-refractivity contribution in [3.8, 4) is 23.0 Å². The average molecular weight is 1320 g/mol. The number of methoxy groups -OCH3 is 1. The second-order valence-electron chi connectivity index (χ2n) is 10.3. The fourth-order valence-electron chi connectivity index (χ4n) is 3.17. The molecule has 0 aromatic carbocycles. The minimum Gasteiger partial charge on any atom is -1.00 e. The van der Waals surface area contributed by atoms with Crippen molar-refractivity contribution in [1.29, 1.82) is 0 Å². The first kappa shape index (κ1) is 65.8. The Morgan fingerprint density at radius 3 is 1.52 bits per heavy atom. The Balaban J connectivity index is -0.000000348. The number of hydrogen-bond donors (Lipinski definition) is 2. The first-order chi connectivity index (χ1) is 27.7. The monoisotopic (exact) mass is 1320 g/mol. The van der Waals surface area contributed by atoms with Crippen LogP contribution in [0, 0.1) is 24.5 Å². The van der Waals surface area contributed by atoms with Gasteiger partial charge in [0, 0.05) is 40.6 Å². The van der Waals surface area contributed by atoms with Crippen molar-refractivity contribution in [3.63, 3.8) is 0 Å². The molecule has 2 N–H and O–H groups in total. The Bertz CT molecular complexity index is 2130. The van der Waals surface area contributed by atoms with Crippen LogP contribution in [-0.4, -0.2) is 60.1 Å². The van der Waals surface area contributed by atoms with Crippen molar-refractivity contribution in [1.82, 2.24) is 24.9 Å². The molecule has 0 aliphatic carbocycles. The quantitative estimate of drug-likeness (QED) is 0.0385. The van der Waals surface area contributed by atoms with Crippen molar-refractivity contribution in [2.45, 2.75) is 38.5 Å². The van der Waals surface area contributed by atoms with Gasteiger partial charge in [-0.1, -0.05) is 34.8 Å². The predicted molar refractivity (Wildman–Crippen MR) is 208 cm³/mol. The van der Waals surface area contributed by atoms with Crippen molar-refractivity contribution >= 4 is 81.4 Å². The van der Waals surface area contributed by atoms with Gasteiger partial charge in [0.25, 0.3) is 6.47 Å². The molecule has 0 radical (unpaired) electrons. The molecular weight excluding hydrogens is 1290 g/mol. The molecule has 0 unspecified atom stereocenters. The van der Waals surface area contributed by atoms with E-state index in [0.717, 1.165) is 18.9 Å². The molecule has 0 fully saturated rings. The van der Waals surface area contributed by atoms with E-state index in [-0.39, 0.29) is 179 Å². The van der Waals surface area contributed by atoms with Crippen LogP contribution in [-0.2, 0) is 31.6 Å². The predicted octanol–water partition coefficient (Wildman–Crippen LogP) is 4.00. The summed E-state index contributed by atoms with van der Waals surface area (Å²) in [5, 5.41) is 23.5. The molecule has 5 aromatic heterocycles. The number of carbonyl (C=O) groups excluding carboxylic acids is 2. The van der Waals surface area contributed by atoms with E-state index in [1.54, 1.807) is 30.5 Å². The molecule has 13 nitrogen and oxygen atoms in total. The summed E-state index contributed by atoms with van der Waals surface area (Å²) in [6.07, 6.45) is -6.27. The van der Waals surface area contributed by atoms with Gasteiger partial charge >= 0.3 is 161 Å². The molecule has 0 spiro atoms. The first-order valence-electron chi connectivity index (χ1n) is 15.2. The number of ether oxygens (including phenoxy) is 2. The van der Waals surface area contributed by atoms with E-state index < -0.39 is 40.8 Å². The zero-order chi connectivity index (χ0) is 46.4. The SMILES string of the molecule is COC(=O)C(F)(F)Cl.Cc1ccc(O)c(C(F)(F)F)n1.Cc1ccc(O)c(I)n1.Cc1ccc(Oc2ccnc(Cl)c2)c(C(F)(F)F)n1.Clc1ccnc(Cl)c1.O=CO[O-].[Cs+].[Cs+].[H-]. The molecule has 5 heterocycles. The van der Waals surface area contributed by atoms with Crippen LogP contribution in [0.5, 0.6) is 23.0 Å². The molecule has 28 heteroatoms. The number of nitrogens with zero attached hydrogens (tertiary/aromatic N) is 5. The van der Waals surface area contributed by atoms with Gasteiger partial charge < -0.3 is 31.3 Å². The van der Waals surface area contributed by atoms with Crippen LogP contribution in [0.2, 0.25) is 15.3 Å². The Hall–Kier alpha value is -0.516. The van der Waals surface area contributed by atoms with Crippen LogP contribution in [0.15, 0.2) is 73.1 Å². The number of halogens is 13. The standard InChI is InChI=1S/C12H8ClF3N2O.C7H6F3NO.C6H6INO.C5H3Cl2N.C3H3ClF2O2.CH2O3.2Cs.H/c1-7-2-3-9(11(18-7)12(14,15)16)19-8-4-5-17-10(13)6-8;1-4-2-3-5(12)6(11-4)7(8,9)10;1-4-2-3-5(9)6(7)8-4;6-4-1-2-8-5(7)3-4;1-8-2(7)3(4,5)6;2-1-4-3;;;/h2-6H,1H3;2-3,12H,1H3;2-3,9H,1H3;1-3H;1H3;1,3H;;;/q;;;;;;2*+1;-1/p-1. The summed E-state index contributed by atoms with van der Waals surface area (Å²) >= 11 is 22.8. The second kappa shape index (κ2) is 33.0. The summed E-state index contributed by atoms with van der Waals surface area (Å²) in [4.78, 5) is 39.1. The number of alkyl halides is 9. The number of aryl methyl sites for hydroxylation is 3. The maximum absolute atomic E-state index is 12.8. The van der Waals surface area contributed by atoms with Crippen LogP contribution in [0.3, 0.4) is 0 Å². The summed E-state index contributed by atoms with van der Waals surface area (Å²) in [6, 6.07) is 14.4. The molecular formula is C34H28Cl4Cs2F8IN5O8. The third kappa shape index (κ3) is 29.2. The summed E-state index contributed by atoms with van der Waals surface area (Å²) in [5.41, 5.74) is -0.896. The van der Waals surface area contributed by atoms with Gasteiger partial charge in [-0.2, -0.15) is 35.1 Å². The number of pyridine rings is 5. The fourth-order valence-corrected chi connectivity index (χ4v) is 4.37. The van der Waals surface area contributed by atoms with Gasteiger partial charge in [-0.25, -0.2) is 29.7 Å². The Kier molecular flexibility index (Phi) is 35.0. The average Bonchev–Trinajstić information content (AvgIpc) is 3.14. The summed E-state index contributed by atoms with van der Waals surface area (Å²) < 4.78 is 107. The molecule has 0 saturated carbocycles. The van der Waals surface area contributed by atoms with Crippen molar-refractivity contribution in [3.05, 3.63) is 121 Å². The number of carbonyl (C=O) groups is 2. The van der Waals surface area contributed by atoms with E-state index in [2.05, 4.69) is 46.1 Å². The van der Waals surface area contributed by atoms with Crippen LogP contribution in [0.4, 0.5) is 35.1 Å². The Morgan fingerprint density at radius 2 is 1.18 bits per heavy atom. The van der Waals surface area contributed by atoms with Gasteiger partial charge in [0.1, 0.15) is 31.3 Å².